The predicted octanol–water partition coefficient (Wildman–Crippen LogP) is 0.467. The Balaban J connectivity index is 0.00000220. The second kappa shape index (κ2) is 7.15. The van der Waals surface area contributed by atoms with E-state index in [0.29, 0.717) is 0 Å². The molecule has 1 aromatic carbocycles. The summed E-state index contributed by atoms with van der Waals surface area (Å²) in [6, 6.07) is 4.80. The number of sulfonamides is 1. The minimum Gasteiger partial charge on any atom is -0.374 e. The van der Waals surface area contributed by atoms with E-state index in [0.717, 1.165) is 18.2 Å². The summed E-state index contributed by atoms with van der Waals surface area (Å²) < 4.78 is 44.6. The van der Waals surface area contributed by atoms with Crippen LogP contribution in [0.1, 0.15) is 5.56 Å². The van der Waals surface area contributed by atoms with Crippen LogP contribution < -0.4 is 5.73 Å². The van der Waals surface area contributed by atoms with E-state index in [-0.39, 0.29) is 55.2 Å². The van der Waals surface area contributed by atoms with Crippen molar-refractivity contribution >= 4 is 22.4 Å². The molecule has 1 aliphatic rings. The Hall–Kier alpha value is -1.24. The van der Waals surface area contributed by atoms with Crippen molar-refractivity contribution in [2.75, 3.05) is 26.2 Å². The van der Waals surface area contributed by atoms with Gasteiger partial charge in [0.2, 0.25) is 10.0 Å². The summed E-state index contributed by atoms with van der Waals surface area (Å²) in [6.45, 7) is 0.836. The summed E-state index contributed by atoms with van der Waals surface area (Å²) in [5.74, 6) is -0.742. The summed E-state index contributed by atoms with van der Waals surface area (Å²) in [5, 5.41) is 8.76. The number of nitrogens with zero attached hydrogens (tertiary/aromatic N) is 2. The maximum atomic E-state index is 13.2. The molecule has 1 unspecified atom stereocenters. The molecule has 1 fully saturated rings. The molecule has 1 atom stereocenters. The number of morpholine rings is 1. The van der Waals surface area contributed by atoms with Crippen LogP contribution >= 0.6 is 12.4 Å². The molecule has 21 heavy (non-hydrogen) atoms. The van der Waals surface area contributed by atoms with Crippen molar-refractivity contribution in [2.45, 2.75) is 11.0 Å². The highest BCUT2D eigenvalue weighted by atomic mass is 35.5. The smallest absolute Gasteiger partial charge is 0.243 e. The maximum Gasteiger partial charge on any atom is 0.243 e. The van der Waals surface area contributed by atoms with Gasteiger partial charge in [-0.05, 0) is 18.2 Å². The molecule has 0 radical (unpaired) electrons. The molecule has 2 N–H and O–H groups in total. The van der Waals surface area contributed by atoms with Gasteiger partial charge in [0, 0.05) is 19.6 Å². The molecule has 9 heteroatoms. The summed E-state index contributed by atoms with van der Waals surface area (Å²) in [5.41, 5.74) is 5.18. The summed E-state index contributed by atoms with van der Waals surface area (Å²) >= 11 is 0. The maximum absolute atomic E-state index is 13.2. The lowest BCUT2D eigenvalue weighted by molar-refractivity contribution is 0.00450. The number of ether oxygens (including phenoxy) is 1. The largest absolute Gasteiger partial charge is 0.374 e. The Morgan fingerprint density at radius 1 is 1.52 bits per heavy atom. The highest BCUT2D eigenvalue weighted by Gasteiger charge is 2.30. The molecule has 0 amide bonds. The van der Waals surface area contributed by atoms with Crippen molar-refractivity contribution in [1.82, 2.24) is 4.31 Å². The van der Waals surface area contributed by atoms with Gasteiger partial charge in [-0.3, -0.25) is 0 Å². The fourth-order valence-corrected chi connectivity index (χ4v) is 3.44. The first kappa shape index (κ1) is 17.8. The number of hydrogen-bond acceptors (Lipinski definition) is 5. The van der Waals surface area contributed by atoms with Gasteiger partial charge in [-0.1, -0.05) is 0 Å². The summed E-state index contributed by atoms with van der Waals surface area (Å²) in [6.07, 6.45) is -0.352. The summed E-state index contributed by atoms with van der Waals surface area (Å²) in [7, 11) is -3.77. The third kappa shape index (κ3) is 3.70. The fraction of sp³-hybridized carbons (Fsp3) is 0.417. The molecule has 2 rings (SSSR count). The molecule has 0 saturated carbocycles. The Bertz CT molecular complexity index is 648. The highest BCUT2D eigenvalue weighted by Crippen LogP contribution is 2.20. The quantitative estimate of drug-likeness (QED) is 0.866. The molecule has 1 saturated heterocycles. The molecule has 0 spiro atoms. The molecular formula is C12H15ClFN3O3S. The van der Waals surface area contributed by atoms with E-state index < -0.39 is 15.8 Å². The van der Waals surface area contributed by atoms with Crippen molar-refractivity contribution in [3.05, 3.63) is 29.6 Å². The minimum atomic E-state index is -3.77. The van der Waals surface area contributed by atoms with Gasteiger partial charge in [-0.15, -0.1) is 12.4 Å². The zero-order valence-corrected chi connectivity index (χ0v) is 12.7. The first-order chi connectivity index (χ1) is 9.48. The van der Waals surface area contributed by atoms with E-state index in [1.807, 2.05) is 0 Å². The second-order valence-electron chi connectivity index (χ2n) is 4.35. The number of nitrogens with two attached hydrogens (primary N) is 1. The van der Waals surface area contributed by atoms with E-state index in [4.69, 9.17) is 15.7 Å². The van der Waals surface area contributed by atoms with E-state index in [1.165, 1.54) is 4.31 Å². The van der Waals surface area contributed by atoms with Crippen LogP contribution in [0.5, 0.6) is 0 Å². The van der Waals surface area contributed by atoms with Gasteiger partial charge in [0.05, 0.1) is 23.2 Å². The molecule has 1 aromatic rings. The van der Waals surface area contributed by atoms with Crippen LogP contribution in [-0.4, -0.2) is 45.1 Å². The molecule has 116 valence electrons. The van der Waals surface area contributed by atoms with E-state index in [1.54, 1.807) is 6.07 Å². The van der Waals surface area contributed by atoms with Gasteiger partial charge >= 0.3 is 0 Å². The number of halogens is 2. The molecule has 0 aromatic heterocycles. The SMILES string of the molecule is Cl.N#Cc1cc(S(=O)(=O)N2CCOC(CN)C2)ccc1F. The minimum absolute atomic E-state index is 0. The zero-order valence-electron chi connectivity index (χ0n) is 11.0. The van der Waals surface area contributed by atoms with Crippen LogP contribution in [0, 0.1) is 17.1 Å². The Morgan fingerprint density at radius 3 is 2.86 bits per heavy atom. The first-order valence-corrected chi connectivity index (χ1v) is 7.44. The lowest BCUT2D eigenvalue weighted by Crippen LogP contribution is -2.48. The van der Waals surface area contributed by atoms with Crippen LogP contribution in [-0.2, 0) is 14.8 Å². The van der Waals surface area contributed by atoms with Gasteiger partial charge in [-0.2, -0.15) is 9.57 Å². The number of rotatable bonds is 3. The highest BCUT2D eigenvalue weighted by molar-refractivity contribution is 7.89. The summed E-state index contributed by atoms with van der Waals surface area (Å²) in [4.78, 5) is -0.104. The van der Waals surface area contributed by atoms with E-state index in [2.05, 4.69) is 0 Å². The molecule has 1 heterocycles. The van der Waals surface area contributed by atoms with Crippen molar-refractivity contribution in [3.8, 4) is 6.07 Å². The predicted molar refractivity (Wildman–Crippen MR) is 75.9 cm³/mol. The van der Waals surface area contributed by atoms with Crippen molar-refractivity contribution in [3.63, 3.8) is 0 Å². The Morgan fingerprint density at radius 2 is 2.24 bits per heavy atom. The third-order valence-corrected chi connectivity index (χ3v) is 4.92. The Labute approximate surface area is 128 Å². The standard InChI is InChI=1S/C12H14FN3O3S.ClH/c13-12-2-1-11(5-9(12)6-14)20(17,18)16-3-4-19-10(7-15)8-16;/h1-2,5,10H,3-4,7-8,15H2;1H. The molecule has 1 aliphatic heterocycles. The average molecular weight is 336 g/mol. The number of nitriles is 1. The number of benzene rings is 1. The van der Waals surface area contributed by atoms with Gasteiger partial charge < -0.3 is 10.5 Å². The third-order valence-electron chi connectivity index (χ3n) is 3.06. The molecule has 0 bridgehead atoms. The van der Waals surface area contributed by atoms with Crippen LogP contribution in [0.2, 0.25) is 0 Å². The van der Waals surface area contributed by atoms with Gasteiger partial charge in [0.15, 0.2) is 0 Å². The van der Waals surface area contributed by atoms with E-state index in [9.17, 15) is 12.8 Å². The molecule has 6 nitrogen and oxygen atoms in total. The zero-order chi connectivity index (χ0) is 14.8. The van der Waals surface area contributed by atoms with Gasteiger partial charge in [0.25, 0.3) is 0 Å². The lowest BCUT2D eigenvalue weighted by Gasteiger charge is -2.31. The van der Waals surface area contributed by atoms with Crippen molar-refractivity contribution in [2.24, 2.45) is 5.73 Å². The first-order valence-electron chi connectivity index (χ1n) is 6.00. The topological polar surface area (TPSA) is 96.4 Å². The number of hydrogen-bond donors (Lipinski definition) is 1. The monoisotopic (exact) mass is 335 g/mol. The lowest BCUT2D eigenvalue weighted by atomic mass is 10.2. The molecular weight excluding hydrogens is 321 g/mol. The second-order valence-corrected chi connectivity index (χ2v) is 6.28. The average Bonchev–Trinajstić information content (AvgIpc) is 2.47. The van der Waals surface area contributed by atoms with Crippen LogP contribution in [0.25, 0.3) is 0 Å². The van der Waals surface area contributed by atoms with Crippen molar-refractivity contribution in [1.29, 1.82) is 5.26 Å². The normalized spacial score (nSPS) is 19.6. The van der Waals surface area contributed by atoms with Gasteiger partial charge in [0.1, 0.15) is 11.9 Å². The van der Waals surface area contributed by atoms with Crippen LogP contribution in [0.3, 0.4) is 0 Å². The Kier molecular flexibility index (Phi) is 6.07. The van der Waals surface area contributed by atoms with Crippen LogP contribution in [0.4, 0.5) is 4.39 Å². The van der Waals surface area contributed by atoms with Gasteiger partial charge in [-0.25, -0.2) is 12.8 Å². The fourth-order valence-electron chi connectivity index (χ4n) is 1.95. The van der Waals surface area contributed by atoms with Crippen molar-refractivity contribution < 1.29 is 17.5 Å². The molecule has 0 aliphatic carbocycles. The van der Waals surface area contributed by atoms with Crippen LogP contribution in [0.15, 0.2) is 23.1 Å². The van der Waals surface area contributed by atoms with E-state index >= 15 is 0 Å².